The molecule has 0 unspecified atom stereocenters. The lowest BCUT2D eigenvalue weighted by Gasteiger charge is -2.41. The Balaban J connectivity index is 1.35. The number of nitrogens with zero attached hydrogens (tertiary/aromatic N) is 3. The molecule has 1 aliphatic carbocycles. The van der Waals surface area contributed by atoms with Crippen LogP contribution in [0.15, 0.2) is 66.2 Å². The minimum Gasteiger partial charge on any atom is -0.331 e. The van der Waals surface area contributed by atoms with Gasteiger partial charge >= 0.3 is 0 Å². The van der Waals surface area contributed by atoms with E-state index in [-0.39, 0.29) is 11.9 Å². The Morgan fingerprint density at radius 3 is 2.45 bits per heavy atom. The molecule has 1 aromatic carbocycles. The molecule has 33 heavy (non-hydrogen) atoms. The van der Waals surface area contributed by atoms with Gasteiger partial charge in [-0.3, -0.25) is 14.7 Å². The quantitative estimate of drug-likeness (QED) is 0.441. The Morgan fingerprint density at radius 1 is 1.06 bits per heavy atom. The molecule has 1 saturated heterocycles. The summed E-state index contributed by atoms with van der Waals surface area (Å²) in [4.78, 5) is 24.4. The van der Waals surface area contributed by atoms with E-state index in [0.29, 0.717) is 17.7 Å². The Morgan fingerprint density at radius 2 is 1.82 bits per heavy atom. The van der Waals surface area contributed by atoms with Crippen LogP contribution in [0.4, 0.5) is 0 Å². The van der Waals surface area contributed by atoms with E-state index in [1.165, 1.54) is 16.0 Å². The molecule has 1 saturated carbocycles. The van der Waals surface area contributed by atoms with E-state index >= 15 is 0 Å². The van der Waals surface area contributed by atoms with Crippen LogP contribution >= 0.6 is 11.3 Å². The van der Waals surface area contributed by atoms with Gasteiger partial charge in [0.25, 0.3) is 5.91 Å². The molecule has 3 aromatic rings. The molecule has 5 heteroatoms. The van der Waals surface area contributed by atoms with Gasteiger partial charge in [0.1, 0.15) is 5.69 Å². The summed E-state index contributed by atoms with van der Waals surface area (Å²) >= 11 is 1.87. The highest BCUT2D eigenvalue weighted by Gasteiger charge is 2.42. The monoisotopic (exact) mass is 459 g/mol. The number of carbonyl (C=O) groups is 1. The predicted molar refractivity (Wildman–Crippen MR) is 134 cm³/mol. The number of carbonyl (C=O) groups excluding carboxylic acids is 1. The van der Waals surface area contributed by atoms with Gasteiger partial charge in [0.2, 0.25) is 0 Å². The third kappa shape index (κ3) is 5.36. The van der Waals surface area contributed by atoms with Crippen LogP contribution in [0.2, 0.25) is 0 Å². The second-order valence-electron chi connectivity index (χ2n) is 9.56. The SMILES string of the molecule is Cc1ccsc1CN1CCC([C@@H](Cc2ccccc2)N(C(=O)c2ccccn2)C2CC2)CC1. The molecule has 2 aliphatic rings. The number of hydrogen-bond acceptors (Lipinski definition) is 4. The number of thiophene rings is 1. The number of piperidine rings is 1. The Bertz CT molecular complexity index is 1040. The van der Waals surface area contributed by atoms with Crippen molar-refractivity contribution in [2.24, 2.45) is 5.92 Å². The molecule has 0 radical (unpaired) electrons. The number of amides is 1. The third-order valence-electron chi connectivity index (χ3n) is 7.22. The van der Waals surface area contributed by atoms with E-state index in [9.17, 15) is 4.79 Å². The molecule has 2 fully saturated rings. The van der Waals surface area contributed by atoms with Crippen LogP contribution in [0.3, 0.4) is 0 Å². The smallest absolute Gasteiger partial charge is 0.272 e. The first kappa shape index (κ1) is 22.3. The fourth-order valence-corrected chi connectivity index (χ4v) is 6.12. The summed E-state index contributed by atoms with van der Waals surface area (Å²) in [6.07, 6.45) is 7.15. The van der Waals surface area contributed by atoms with Crippen molar-refractivity contribution in [1.82, 2.24) is 14.8 Å². The molecule has 0 N–H and O–H groups in total. The topological polar surface area (TPSA) is 36.4 Å². The zero-order chi connectivity index (χ0) is 22.6. The fraction of sp³-hybridized carbons (Fsp3) is 0.429. The molecule has 1 atom stereocenters. The first-order valence-corrected chi connectivity index (χ1v) is 13.1. The summed E-state index contributed by atoms with van der Waals surface area (Å²) in [5.74, 6) is 0.620. The maximum Gasteiger partial charge on any atom is 0.272 e. The first-order valence-electron chi connectivity index (χ1n) is 12.2. The van der Waals surface area contributed by atoms with Crippen LogP contribution in [0.5, 0.6) is 0 Å². The minimum absolute atomic E-state index is 0.107. The van der Waals surface area contributed by atoms with E-state index in [1.54, 1.807) is 6.20 Å². The van der Waals surface area contributed by atoms with Crippen LogP contribution in [-0.4, -0.2) is 45.9 Å². The van der Waals surface area contributed by atoms with Crippen molar-refractivity contribution in [3.05, 3.63) is 87.9 Å². The lowest BCUT2D eigenvalue weighted by molar-refractivity contribution is 0.0477. The van der Waals surface area contributed by atoms with Crippen molar-refractivity contribution in [2.75, 3.05) is 13.1 Å². The molecule has 1 amide bonds. The molecular formula is C28H33N3OS. The average molecular weight is 460 g/mol. The van der Waals surface area contributed by atoms with Crippen LogP contribution in [0.1, 0.15) is 52.2 Å². The number of aryl methyl sites for hydroxylation is 1. The van der Waals surface area contributed by atoms with Crippen molar-refractivity contribution in [1.29, 1.82) is 0 Å². The van der Waals surface area contributed by atoms with Gasteiger partial charge in [0.05, 0.1) is 0 Å². The Hall–Kier alpha value is -2.50. The van der Waals surface area contributed by atoms with Crippen molar-refractivity contribution in [2.45, 2.75) is 57.7 Å². The van der Waals surface area contributed by atoms with Gasteiger partial charge in [-0.15, -0.1) is 11.3 Å². The number of likely N-dealkylation sites (tertiary alicyclic amines) is 1. The molecule has 2 aromatic heterocycles. The molecule has 5 rings (SSSR count). The first-order chi connectivity index (χ1) is 16.2. The average Bonchev–Trinajstić information content (AvgIpc) is 3.62. The van der Waals surface area contributed by atoms with E-state index in [4.69, 9.17) is 0 Å². The van der Waals surface area contributed by atoms with Crippen LogP contribution in [-0.2, 0) is 13.0 Å². The molecule has 4 nitrogen and oxygen atoms in total. The van der Waals surface area contributed by atoms with Crippen LogP contribution in [0.25, 0.3) is 0 Å². The number of benzene rings is 1. The summed E-state index contributed by atoms with van der Waals surface area (Å²) < 4.78 is 0. The maximum absolute atomic E-state index is 13.7. The van der Waals surface area contributed by atoms with Gasteiger partial charge in [-0.25, -0.2) is 0 Å². The summed E-state index contributed by atoms with van der Waals surface area (Å²) in [7, 11) is 0. The second kappa shape index (κ2) is 10.2. The zero-order valence-electron chi connectivity index (χ0n) is 19.4. The number of pyridine rings is 1. The van der Waals surface area contributed by atoms with E-state index < -0.39 is 0 Å². The molecule has 172 valence electrons. The van der Waals surface area contributed by atoms with Gasteiger partial charge < -0.3 is 4.90 Å². The van der Waals surface area contributed by atoms with Crippen LogP contribution in [0, 0.1) is 12.8 Å². The van der Waals surface area contributed by atoms with Crippen molar-refractivity contribution in [3.8, 4) is 0 Å². The molecular weight excluding hydrogens is 426 g/mol. The highest BCUT2D eigenvalue weighted by molar-refractivity contribution is 7.10. The van der Waals surface area contributed by atoms with Gasteiger partial charge in [-0.1, -0.05) is 36.4 Å². The summed E-state index contributed by atoms with van der Waals surface area (Å²) in [6.45, 7) is 5.47. The van der Waals surface area contributed by atoms with Crippen molar-refractivity contribution < 1.29 is 4.79 Å². The Kier molecular flexibility index (Phi) is 6.88. The second-order valence-corrected chi connectivity index (χ2v) is 10.6. The summed E-state index contributed by atoms with van der Waals surface area (Å²) in [5.41, 5.74) is 3.30. The number of hydrogen-bond donors (Lipinski definition) is 0. The van der Waals surface area contributed by atoms with E-state index in [2.05, 4.69) is 63.5 Å². The minimum atomic E-state index is 0.107. The Labute approximate surface area is 201 Å². The van der Waals surface area contributed by atoms with Gasteiger partial charge in [0.15, 0.2) is 0 Å². The lowest BCUT2D eigenvalue weighted by atomic mass is 9.84. The standard InChI is InChI=1S/C28H33N3OS/c1-21-14-18-33-27(21)20-30-16-12-23(13-17-30)26(19-22-7-3-2-4-8-22)31(24-10-11-24)28(32)25-9-5-6-15-29-25/h2-9,14-15,18,23-24,26H,10-13,16-17,19-20H2,1H3/t26-/m1/s1. The van der Waals surface area contributed by atoms with E-state index in [1.807, 2.05) is 29.5 Å². The summed E-state index contributed by atoms with van der Waals surface area (Å²) in [6, 6.07) is 19.2. The lowest BCUT2D eigenvalue weighted by Crippen LogP contribution is -2.50. The molecule has 0 bridgehead atoms. The van der Waals surface area contributed by atoms with Gasteiger partial charge in [0, 0.05) is 29.7 Å². The molecule has 3 heterocycles. The maximum atomic E-state index is 13.7. The summed E-state index contributed by atoms with van der Waals surface area (Å²) in [5, 5.41) is 2.20. The highest BCUT2D eigenvalue weighted by Crippen LogP contribution is 2.36. The van der Waals surface area contributed by atoms with Crippen molar-refractivity contribution in [3.63, 3.8) is 0 Å². The fourth-order valence-electron chi connectivity index (χ4n) is 5.17. The van der Waals surface area contributed by atoms with Gasteiger partial charge in [-0.2, -0.15) is 0 Å². The normalized spacial score (nSPS) is 18.2. The van der Waals surface area contributed by atoms with Crippen molar-refractivity contribution >= 4 is 17.2 Å². The van der Waals surface area contributed by atoms with E-state index in [0.717, 1.165) is 51.7 Å². The molecule has 0 spiro atoms. The van der Waals surface area contributed by atoms with Gasteiger partial charge in [-0.05, 0) is 92.7 Å². The number of aromatic nitrogens is 1. The van der Waals surface area contributed by atoms with Crippen LogP contribution < -0.4 is 0 Å². The zero-order valence-corrected chi connectivity index (χ0v) is 20.2. The third-order valence-corrected chi connectivity index (χ3v) is 8.22. The largest absolute Gasteiger partial charge is 0.331 e. The predicted octanol–water partition coefficient (Wildman–Crippen LogP) is 5.58. The molecule has 1 aliphatic heterocycles. The highest BCUT2D eigenvalue weighted by atomic mass is 32.1. The number of rotatable bonds is 8.